The van der Waals surface area contributed by atoms with Gasteiger partial charge in [-0.2, -0.15) is 0 Å². The third kappa shape index (κ3) is 1.62. The smallest absolute Gasteiger partial charge is 0.312 e. The molecule has 0 aromatic heterocycles. The Bertz CT molecular complexity index is 182. The van der Waals surface area contributed by atoms with E-state index in [1.165, 1.54) is 12.7 Å². The van der Waals surface area contributed by atoms with Gasteiger partial charge < -0.3 is 4.74 Å². The number of ether oxygens (including phenoxy) is 1. The van der Waals surface area contributed by atoms with Crippen molar-refractivity contribution in [1.29, 1.82) is 0 Å². The summed E-state index contributed by atoms with van der Waals surface area (Å²) in [4.78, 5) is 11.1. The van der Waals surface area contributed by atoms with Crippen LogP contribution in [0.5, 0.6) is 0 Å². The molecule has 1 unspecified atom stereocenters. The Kier molecular flexibility index (Phi) is 2.69. The van der Waals surface area contributed by atoms with Gasteiger partial charge in [0, 0.05) is 0 Å². The first kappa shape index (κ1) is 8.31. The largest absolute Gasteiger partial charge is 0.469 e. The average Bonchev–Trinajstić information content (AvgIpc) is 2.50. The lowest BCUT2D eigenvalue weighted by Crippen LogP contribution is -2.13. The van der Waals surface area contributed by atoms with Gasteiger partial charge in [-0.25, -0.2) is 0 Å². The van der Waals surface area contributed by atoms with Gasteiger partial charge >= 0.3 is 5.97 Å². The standard InChI is InChI=1S/C9H14O2/c1-3-7-5-4-6-8(7)9(10)11-2/h3,8H,4-6H2,1-2H3/b7-3-. The van der Waals surface area contributed by atoms with E-state index < -0.39 is 0 Å². The first-order chi connectivity index (χ1) is 5.29. The zero-order valence-electron chi connectivity index (χ0n) is 7.09. The van der Waals surface area contributed by atoms with E-state index in [0.717, 1.165) is 19.3 Å². The van der Waals surface area contributed by atoms with E-state index in [1.54, 1.807) is 0 Å². The van der Waals surface area contributed by atoms with Crippen molar-refractivity contribution in [2.75, 3.05) is 7.11 Å². The molecule has 0 aromatic carbocycles. The molecule has 0 saturated heterocycles. The molecule has 1 fully saturated rings. The SMILES string of the molecule is C/C=C1/CCCC1C(=O)OC. The Hall–Kier alpha value is -0.790. The molecule has 0 spiro atoms. The van der Waals surface area contributed by atoms with Gasteiger partial charge in [0.15, 0.2) is 0 Å². The Morgan fingerprint density at radius 3 is 3.00 bits per heavy atom. The fourth-order valence-corrected chi connectivity index (χ4v) is 1.63. The topological polar surface area (TPSA) is 26.3 Å². The van der Waals surface area contributed by atoms with Gasteiger partial charge in [-0.3, -0.25) is 4.79 Å². The molecule has 0 aromatic rings. The number of methoxy groups -OCH3 is 1. The quantitative estimate of drug-likeness (QED) is 0.426. The molecule has 62 valence electrons. The van der Waals surface area contributed by atoms with Crippen LogP contribution < -0.4 is 0 Å². The minimum absolute atomic E-state index is 0.0602. The highest BCUT2D eigenvalue weighted by Gasteiger charge is 2.27. The summed E-state index contributed by atoms with van der Waals surface area (Å²) >= 11 is 0. The van der Waals surface area contributed by atoms with Crippen LogP contribution in [0, 0.1) is 5.92 Å². The monoisotopic (exact) mass is 154 g/mol. The lowest BCUT2D eigenvalue weighted by Gasteiger charge is -2.07. The van der Waals surface area contributed by atoms with Crippen molar-refractivity contribution >= 4 is 5.97 Å². The summed E-state index contributed by atoms with van der Waals surface area (Å²) in [7, 11) is 1.45. The molecule has 2 heteroatoms. The summed E-state index contributed by atoms with van der Waals surface area (Å²) < 4.78 is 4.69. The number of esters is 1. The van der Waals surface area contributed by atoms with Gasteiger partial charge in [0.25, 0.3) is 0 Å². The normalized spacial score (nSPS) is 27.5. The highest BCUT2D eigenvalue weighted by atomic mass is 16.5. The minimum Gasteiger partial charge on any atom is -0.469 e. The fourth-order valence-electron chi connectivity index (χ4n) is 1.63. The van der Waals surface area contributed by atoms with Crippen LogP contribution >= 0.6 is 0 Å². The molecule has 1 aliphatic rings. The molecular formula is C9H14O2. The van der Waals surface area contributed by atoms with Crippen LogP contribution in [0.3, 0.4) is 0 Å². The van der Waals surface area contributed by atoms with Crippen molar-refractivity contribution in [1.82, 2.24) is 0 Å². The van der Waals surface area contributed by atoms with Gasteiger partial charge in [-0.1, -0.05) is 11.6 Å². The van der Waals surface area contributed by atoms with E-state index in [9.17, 15) is 4.79 Å². The lowest BCUT2D eigenvalue weighted by molar-refractivity contribution is -0.143. The molecule has 1 aliphatic carbocycles. The number of hydrogen-bond donors (Lipinski definition) is 0. The Morgan fingerprint density at radius 1 is 1.73 bits per heavy atom. The van der Waals surface area contributed by atoms with Crippen molar-refractivity contribution in [2.24, 2.45) is 5.92 Å². The lowest BCUT2D eigenvalue weighted by atomic mass is 10.0. The van der Waals surface area contributed by atoms with E-state index in [2.05, 4.69) is 4.74 Å². The van der Waals surface area contributed by atoms with Crippen LogP contribution in [-0.2, 0) is 9.53 Å². The molecule has 0 aliphatic heterocycles. The van der Waals surface area contributed by atoms with Crippen LogP contribution in [0.2, 0.25) is 0 Å². The summed E-state index contributed by atoms with van der Waals surface area (Å²) in [5, 5.41) is 0. The molecular weight excluding hydrogens is 140 g/mol. The van der Waals surface area contributed by atoms with Gasteiger partial charge in [0.05, 0.1) is 13.0 Å². The van der Waals surface area contributed by atoms with Crippen LogP contribution in [0.4, 0.5) is 0 Å². The second-order valence-electron chi connectivity index (χ2n) is 2.83. The first-order valence-corrected chi connectivity index (χ1v) is 4.02. The first-order valence-electron chi connectivity index (χ1n) is 4.02. The zero-order chi connectivity index (χ0) is 8.27. The summed E-state index contributed by atoms with van der Waals surface area (Å²) in [6.45, 7) is 1.98. The number of carbonyl (C=O) groups excluding carboxylic acids is 1. The van der Waals surface area contributed by atoms with E-state index in [-0.39, 0.29) is 11.9 Å². The van der Waals surface area contributed by atoms with Crippen molar-refractivity contribution in [2.45, 2.75) is 26.2 Å². The fraction of sp³-hybridized carbons (Fsp3) is 0.667. The van der Waals surface area contributed by atoms with Gasteiger partial charge in [0.1, 0.15) is 0 Å². The van der Waals surface area contributed by atoms with Gasteiger partial charge in [0.2, 0.25) is 0 Å². The summed E-state index contributed by atoms with van der Waals surface area (Å²) in [5.41, 5.74) is 1.25. The Balaban J connectivity index is 2.64. The van der Waals surface area contributed by atoms with Crippen LogP contribution in [0.15, 0.2) is 11.6 Å². The number of carbonyl (C=O) groups is 1. The van der Waals surface area contributed by atoms with E-state index in [0.29, 0.717) is 0 Å². The molecule has 11 heavy (non-hydrogen) atoms. The summed E-state index contributed by atoms with van der Waals surface area (Å²) in [6, 6.07) is 0. The highest BCUT2D eigenvalue weighted by molar-refractivity contribution is 5.76. The van der Waals surface area contributed by atoms with E-state index >= 15 is 0 Å². The Labute approximate surface area is 67.2 Å². The average molecular weight is 154 g/mol. The minimum atomic E-state index is -0.0735. The van der Waals surface area contributed by atoms with E-state index in [4.69, 9.17) is 0 Å². The predicted octanol–water partition coefficient (Wildman–Crippen LogP) is 1.91. The second-order valence-corrected chi connectivity index (χ2v) is 2.83. The number of hydrogen-bond acceptors (Lipinski definition) is 2. The molecule has 0 heterocycles. The maximum Gasteiger partial charge on any atom is 0.312 e. The van der Waals surface area contributed by atoms with Crippen molar-refractivity contribution in [3.05, 3.63) is 11.6 Å². The molecule has 1 saturated carbocycles. The van der Waals surface area contributed by atoms with E-state index in [1.807, 2.05) is 13.0 Å². The maximum absolute atomic E-state index is 11.1. The molecule has 0 N–H and O–H groups in total. The molecule has 0 bridgehead atoms. The summed E-state index contributed by atoms with van der Waals surface area (Å²) in [5.74, 6) is -0.0133. The highest BCUT2D eigenvalue weighted by Crippen LogP contribution is 2.31. The van der Waals surface area contributed by atoms with Crippen LogP contribution in [-0.4, -0.2) is 13.1 Å². The second kappa shape index (κ2) is 3.56. The Morgan fingerprint density at radius 2 is 2.45 bits per heavy atom. The van der Waals surface area contributed by atoms with Gasteiger partial charge in [-0.05, 0) is 26.2 Å². The molecule has 2 nitrogen and oxygen atoms in total. The summed E-state index contributed by atoms with van der Waals surface area (Å²) in [6.07, 6.45) is 5.19. The molecule has 0 radical (unpaired) electrons. The van der Waals surface area contributed by atoms with Crippen LogP contribution in [0.1, 0.15) is 26.2 Å². The number of allylic oxidation sites excluding steroid dienone is 1. The van der Waals surface area contributed by atoms with Crippen molar-refractivity contribution < 1.29 is 9.53 Å². The van der Waals surface area contributed by atoms with Crippen molar-refractivity contribution in [3.63, 3.8) is 0 Å². The molecule has 1 atom stereocenters. The third-order valence-corrected chi connectivity index (χ3v) is 2.26. The number of rotatable bonds is 1. The van der Waals surface area contributed by atoms with Gasteiger partial charge in [-0.15, -0.1) is 0 Å². The maximum atomic E-state index is 11.1. The van der Waals surface area contributed by atoms with Crippen molar-refractivity contribution in [3.8, 4) is 0 Å². The molecule has 1 rings (SSSR count). The third-order valence-electron chi connectivity index (χ3n) is 2.26. The van der Waals surface area contributed by atoms with Crippen LogP contribution in [0.25, 0.3) is 0 Å². The predicted molar refractivity (Wildman–Crippen MR) is 43.1 cm³/mol. The molecule has 0 amide bonds. The zero-order valence-corrected chi connectivity index (χ0v) is 7.09.